The van der Waals surface area contributed by atoms with Crippen molar-refractivity contribution in [3.05, 3.63) is 264 Å². The van der Waals surface area contributed by atoms with Gasteiger partial charge < -0.3 is 59.6 Å². The molecule has 0 saturated carbocycles. The van der Waals surface area contributed by atoms with E-state index in [0.717, 1.165) is 32.1 Å². The molecular formula is C88H112N8O8. The zero-order chi connectivity index (χ0) is 106. The SMILES string of the molecule is [2H]c1c([2H])c([2H])c(N(C(=O)C([2H])([2H])C)C2CCN(C([2H])([2H])C([2H])(O)c3ccccc3)CC2)c([2H])c1[2H].[2H]c1c([2H])c([2H])c(N(C(=O)CC([2H])([2H])[2H])C2CCN(C([2H])([2H])C(O)c3ccccc3)CC2)c([2H])c1[2H].[2H]c1c([2H])c([2H])c(N(C(=O)CC([2H])([2H])[2H])C2CCN(CC(O)c3ccccc3)CC2)c([2H])c1[2H].[2H]c1c([2H])c([2H])c(N(C(=O)CC([2H])([2H])[2H])C2CCN(CC([2H])(O)c3ccccc3)CC2)c([2H])c1[2H]. The van der Waals surface area contributed by atoms with Gasteiger partial charge in [-0.3, -0.25) is 19.2 Å². The maximum Gasteiger partial charge on any atom is 0.226 e. The van der Waals surface area contributed by atoms with Gasteiger partial charge in [0.05, 0.1) is 54.5 Å². The number of carbonyl (C=O) groups excluding carboxylic acids is 4. The van der Waals surface area contributed by atoms with Crippen molar-refractivity contribution in [3.8, 4) is 0 Å². The van der Waals surface area contributed by atoms with E-state index in [1.165, 1.54) is 21.9 Å². The van der Waals surface area contributed by atoms with E-state index in [2.05, 4.69) is 0 Å². The van der Waals surface area contributed by atoms with Crippen molar-refractivity contribution in [2.75, 3.05) is 98.0 Å². The number of rotatable bonds is 24. The third-order valence-corrected chi connectivity index (χ3v) is 17.9. The minimum absolute atomic E-state index is 0.0155. The number of benzene rings is 8. The van der Waals surface area contributed by atoms with Gasteiger partial charge in [-0.05, 0) is 122 Å². The number of hydrogen-bond acceptors (Lipinski definition) is 12. The molecule has 8 aromatic rings. The van der Waals surface area contributed by atoms with Gasteiger partial charge in [-0.1, -0.05) is 221 Å². The van der Waals surface area contributed by atoms with Crippen LogP contribution in [0, 0.1) is 0 Å². The molecule has 16 heteroatoms. The van der Waals surface area contributed by atoms with Gasteiger partial charge >= 0.3 is 0 Å². The standard InChI is InChI=1S/4C22H28N2O2/c4*1-2-22(26)24(19-11-7-4-8-12-19)20-13-15-23(16-14-20)17-21(25)18-9-5-3-6-10-18/h4*3-12,20-21,25H,2,13-17H2,1H3/i2D2,4D,7D,8D,11D,12D,17D2,21D;1D3,4D,7D,8D,11D,12D,21D;1D3,4D,7D,8D,11D,12D,17D2;1D3,4D,7D,8D,11D,12D. The topological polar surface area (TPSA) is 175 Å². The fraction of sp³-hybridized carbons (Fsp3) is 0.409. The fourth-order valence-electron chi connectivity index (χ4n) is 12.7. The first-order valence-corrected chi connectivity index (χ1v) is 34.4. The highest BCUT2D eigenvalue weighted by atomic mass is 16.3. The van der Waals surface area contributed by atoms with E-state index in [1.807, 2.05) is 40.1 Å². The molecule has 12 rings (SSSR count). The monoisotopic (exact) mass is 1450 g/mol. The van der Waals surface area contributed by atoms with E-state index in [1.54, 1.807) is 78.9 Å². The van der Waals surface area contributed by atoms with Gasteiger partial charge in [0.2, 0.25) is 23.6 Å². The fourth-order valence-corrected chi connectivity index (χ4v) is 12.7. The molecular weight excluding hydrogens is 1300 g/mol. The summed E-state index contributed by atoms with van der Waals surface area (Å²) in [6, 6.07) is 19.1. The number of hydrogen-bond donors (Lipinski definition) is 4. The molecule has 4 saturated heterocycles. The minimum Gasteiger partial charge on any atom is -0.387 e. The van der Waals surface area contributed by atoms with E-state index in [4.69, 9.17) is 50.7 Å². The van der Waals surface area contributed by atoms with Crippen molar-refractivity contribution in [1.29, 1.82) is 0 Å². The van der Waals surface area contributed by atoms with Crippen LogP contribution in [-0.4, -0.2) is 166 Å². The lowest BCUT2D eigenvalue weighted by molar-refractivity contribution is -0.119. The summed E-state index contributed by atoms with van der Waals surface area (Å²) < 4.78 is 295. The molecule has 4 heterocycles. The van der Waals surface area contributed by atoms with Crippen molar-refractivity contribution in [2.45, 2.75) is 153 Å². The minimum atomic E-state index is -2.64. The number of carbonyl (C=O) groups is 4. The molecule has 4 N–H and O–H groups in total. The molecule has 16 nitrogen and oxygen atoms in total. The zero-order valence-electron chi connectivity index (χ0n) is 94.9. The summed E-state index contributed by atoms with van der Waals surface area (Å²) >= 11 is 0. The molecule has 8 aromatic carbocycles. The summed E-state index contributed by atoms with van der Waals surface area (Å²) in [6.07, 6.45) is -9.75. The maximum absolute atomic E-state index is 13.2. The maximum atomic E-state index is 13.2. The number of para-hydroxylation sites is 4. The Morgan fingerprint density at radius 3 is 0.962 bits per heavy atom. The summed E-state index contributed by atoms with van der Waals surface area (Å²) in [5.74, 6) is -3.63. The number of nitrogens with zero attached hydrogens (tertiary/aromatic N) is 8. The van der Waals surface area contributed by atoms with Crippen LogP contribution < -0.4 is 19.6 Å². The van der Waals surface area contributed by atoms with Crippen LogP contribution in [0.25, 0.3) is 0 Å². The second-order valence-corrected chi connectivity index (χ2v) is 24.6. The van der Waals surface area contributed by atoms with E-state index < -0.39 is 258 Å². The summed E-state index contributed by atoms with van der Waals surface area (Å²) in [5.41, 5.74) is 0.257. The molecule has 0 aliphatic carbocycles. The quantitative estimate of drug-likeness (QED) is 0.0451. The van der Waals surface area contributed by atoms with E-state index in [9.17, 15) is 39.6 Å². The highest BCUT2D eigenvalue weighted by Crippen LogP contribution is 2.31. The van der Waals surface area contributed by atoms with Gasteiger partial charge in [-0.15, -0.1) is 0 Å². The summed E-state index contributed by atoms with van der Waals surface area (Å²) in [7, 11) is 0. The van der Waals surface area contributed by atoms with Gasteiger partial charge in [0.15, 0.2) is 0 Å². The highest BCUT2D eigenvalue weighted by molar-refractivity contribution is 5.95. The predicted octanol–water partition coefficient (Wildman–Crippen LogP) is 14.5. The zero-order valence-corrected chi connectivity index (χ0v) is 57.9. The van der Waals surface area contributed by atoms with Crippen LogP contribution >= 0.6 is 0 Å². The van der Waals surface area contributed by atoms with Crippen LogP contribution in [0.3, 0.4) is 0 Å². The predicted molar refractivity (Wildman–Crippen MR) is 420 cm³/mol. The number of β-amino-alcohol motifs (C(OH)–C–C–N with tert-alkyl or cyclic N) is 4. The Labute approximate surface area is 670 Å². The Morgan fingerprint density at radius 1 is 0.375 bits per heavy atom. The number of likely N-dealkylation sites (tertiary alicyclic amines) is 4. The summed E-state index contributed by atoms with van der Waals surface area (Å²) in [6.45, 7) is -9.27. The summed E-state index contributed by atoms with van der Waals surface area (Å²) in [4.78, 5) is 63.1. The van der Waals surface area contributed by atoms with Gasteiger partial charge in [0, 0.05) is 172 Å². The van der Waals surface area contributed by atoms with Crippen LogP contribution in [0.2, 0.25) is 0 Å². The lowest BCUT2D eigenvalue weighted by Crippen LogP contribution is -2.48. The molecule has 552 valence electrons. The molecule has 4 aliphatic heterocycles. The van der Waals surface area contributed by atoms with Crippen molar-refractivity contribution < 1.29 is 90.3 Å². The third kappa shape index (κ3) is 23.7. The summed E-state index contributed by atoms with van der Waals surface area (Å²) in [5, 5.41) is 42.7. The smallest absolute Gasteiger partial charge is 0.226 e. The molecule has 4 amide bonds. The second-order valence-electron chi connectivity index (χ2n) is 24.6. The molecule has 4 atom stereocenters. The number of amides is 4. The van der Waals surface area contributed by atoms with Gasteiger partial charge in [-0.2, -0.15) is 0 Å². The molecule has 0 bridgehead atoms. The number of piperidine rings is 4. The van der Waals surface area contributed by atoms with Crippen LogP contribution in [0.1, 0.15) is 202 Å². The van der Waals surface area contributed by atoms with Gasteiger partial charge in [-0.25, -0.2) is 0 Å². The Kier molecular flexibility index (Phi) is 17.5. The molecule has 104 heavy (non-hydrogen) atoms. The van der Waals surface area contributed by atoms with E-state index in [-0.39, 0.29) is 81.0 Å². The van der Waals surface area contributed by atoms with Crippen molar-refractivity contribution in [3.63, 3.8) is 0 Å². The normalized spacial score (nSPS) is 23.5. The van der Waals surface area contributed by atoms with Gasteiger partial charge in [0.1, 0.15) is 0 Å². The molecule has 0 spiro atoms. The van der Waals surface area contributed by atoms with Crippen molar-refractivity contribution >= 4 is 46.4 Å². The Bertz CT molecular complexity index is 5590. The van der Waals surface area contributed by atoms with E-state index >= 15 is 0 Å². The van der Waals surface area contributed by atoms with E-state index in [0.29, 0.717) is 69.5 Å². The van der Waals surface area contributed by atoms with Crippen LogP contribution in [0.15, 0.2) is 242 Å². The Balaban J connectivity index is 0.000000210. The largest absolute Gasteiger partial charge is 0.387 e. The number of aliphatic hydroxyl groups excluding tert-OH is 2. The lowest BCUT2D eigenvalue weighted by atomic mass is 10.0. The first-order chi connectivity index (χ1) is 65.3. The number of aliphatic hydroxyl groups is 4. The van der Waals surface area contributed by atoms with Crippen LogP contribution in [-0.2, 0) is 19.2 Å². The van der Waals surface area contributed by atoms with Crippen molar-refractivity contribution in [1.82, 2.24) is 19.6 Å². The first kappa shape index (κ1) is 43.1. The molecule has 4 aliphatic rings. The third-order valence-electron chi connectivity index (χ3n) is 17.9. The Morgan fingerprint density at radius 2 is 0.644 bits per heavy atom. The second kappa shape index (κ2) is 42.3. The average molecular weight is 1450 g/mol. The van der Waals surface area contributed by atoms with Gasteiger partial charge in [0.25, 0.3) is 0 Å². The molecule has 0 aromatic heterocycles. The number of anilines is 4. The van der Waals surface area contributed by atoms with Crippen molar-refractivity contribution in [2.24, 2.45) is 0 Å². The average Bonchev–Trinajstić information content (AvgIpc) is 0.757. The van der Waals surface area contributed by atoms with Crippen LogP contribution in [0.4, 0.5) is 22.7 Å². The molecule has 4 fully saturated rings. The first-order valence-electron chi connectivity index (χ1n) is 52.9. The molecule has 4 unspecified atom stereocenters. The Hall–Kier alpha value is -8.68. The lowest BCUT2D eigenvalue weighted by Gasteiger charge is -2.39. The molecule has 0 radical (unpaired) electrons. The van der Waals surface area contributed by atoms with Crippen LogP contribution in [0.5, 0.6) is 0 Å². The highest BCUT2D eigenvalue weighted by Gasteiger charge is 2.34.